The van der Waals surface area contributed by atoms with Crippen LogP contribution in [0.1, 0.15) is 57.3 Å². The number of hydrogen-bond acceptors (Lipinski definition) is 6. The zero-order chi connectivity index (χ0) is 21.2. The molecule has 8 nitrogen and oxygen atoms in total. The summed E-state index contributed by atoms with van der Waals surface area (Å²) in [4.78, 5) is 38.3. The van der Waals surface area contributed by atoms with E-state index in [1.54, 1.807) is 17.0 Å². The summed E-state index contributed by atoms with van der Waals surface area (Å²) in [5, 5.41) is 2.83. The first kappa shape index (κ1) is 21.0. The van der Waals surface area contributed by atoms with Crippen molar-refractivity contribution >= 4 is 23.5 Å². The van der Waals surface area contributed by atoms with Crippen LogP contribution in [0.3, 0.4) is 0 Å². The van der Waals surface area contributed by atoms with Gasteiger partial charge < -0.3 is 24.4 Å². The van der Waals surface area contributed by atoms with Gasteiger partial charge in [-0.2, -0.15) is 0 Å². The topological polar surface area (TPSA) is 94.2 Å². The Labute approximate surface area is 170 Å². The molecule has 1 fully saturated rings. The number of ketones is 1. The third kappa shape index (κ3) is 5.40. The van der Waals surface area contributed by atoms with Crippen LogP contribution in [0, 0.1) is 5.92 Å². The number of nitrogens with zero attached hydrogens (tertiary/aromatic N) is 1. The molecule has 0 unspecified atom stereocenters. The number of Topliss-reactive ketones (excluding diaryl/α,β-unsaturated/α-hetero) is 1. The van der Waals surface area contributed by atoms with Crippen LogP contribution in [-0.4, -0.2) is 48.2 Å². The Morgan fingerprint density at radius 3 is 2.34 bits per heavy atom. The van der Waals surface area contributed by atoms with E-state index in [2.05, 4.69) is 5.32 Å². The zero-order valence-electron chi connectivity index (χ0n) is 17.4. The molecular weight excluding hydrogens is 376 g/mol. The average Bonchev–Trinajstić information content (AvgIpc) is 3.07. The van der Waals surface area contributed by atoms with Crippen LogP contribution in [0.25, 0.3) is 0 Å². The first-order chi connectivity index (χ1) is 13.6. The SMILES string of the molecule is CC(=O)c1cc2c(cc1NC(=O)CC1CCN(C(=O)OC(C)(C)C)CC1)OCO2. The normalized spacial score (nSPS) is 16.5. The maximum atomic E-state index is 12.6. The second kappa shape index (κ2) is 8.31. The number of piperidine rings is 1. The van der Waals surface area contributed by atoms with Crippen molar-refractivity contribution < 1.29 is 28.6 Å². The lowest BCUT2D eigenvalue weighted by molar-refractivity contribution is -0.117. The number of benzene rings is 1. The van der Waals surface area contributed by atoms with E-state index < -0.39 is 5.60 Å². The van der Waals surface area contributed by atoms with Gasteiger partial charge in [0.2, 0.25) is 12.7 Å². The number of hydrogen-bond donors (Lipinski definition) is 1. The number of rotatable bonds is 4. The Hall–Kier alpha value is -2.77. The van der Waals surface area contributed by atoms with Crippen molar-refractivity contribution in [2.24, 2.45) is 5.92 Å². The summed E-state index contributed by atoms with van der Waals surface area (Å²) in [7, 11) is 0. The largest absolute Gasteiger partial charge is 0.454 e. The van der Waals surface area contributed by atoms with E-state index in [-0.39, 0.29) is 30.5 Å². The van der Waals surface area contributed by atoms with Gasteiger partial charge in [0.25, 0.3) is 0 Å². The van der Waals surface area contributed by atoms with Crippen molar-refractivity contribution in [1.82, 2.24) is 4.90 Å². The number of anilines is 1. The van der Waals surface area contributed by atoms with Crippen LogP contribution in [0.15, 0.2) is 12.1 Å². The molecule has 0 bridgehead atoms. The fourth-order valence-electron chi connectivity index (χ4n) is 3.45. The van der Waals surface area contributed by atoms with Gasteiger partial charge in [-0.25, -0.2) is 4.79 Å². The molecule has 0 aromatic heterocycles. The fraction of sp³-hybridized carbons (Fsp3) is 0.571. The monoisotopic (exact) mass is 404 g/mol. The van der Waals surface area contributed by atoms with Crippen LogP contribution < -0.4 is 14.8 Å². The van der Waals surface area contributed by atoms with Gasteiger partial charge in [-0.05, 0) is 52.5 Å². The third-order valence-electron chi connectivity index (χ3n) is 4.91. The van der Waals surface area contributed by atoms with Gasteiger partial charge in [0, 0.05) is 31.1 Å². The van der Waals surface area contributed by atoms with Crippen LogP contribution in [0.4, 0.5) is 10.5 Å². The Morgan fingerprint density at radius 2 is 1.76 bits per heavy atom. The molecule has 1 saturated heterocycles. The van der Waals surface area contributed by atoms with Gasteiger partial charge >= 0.3 is 6.09 Å². The van der Waals surface area contributed by atoms with Gasteiger partial charge in [0.15, 0.2) is 17.3 Å². The van der Waals surface area contributed by atoms with Crippen molar-refractivity contribution in [3.8, 4) is 11.5 Å². The molecule has 2 aliphatic heterocycles. The standard InChI is InChI=1S/C21H28N2O6/c1-13(24)15-10-17-18(28-12-27-17)11-16(15)22-19(25)9-14-5-7-23(8-6-14)20(26)29-21(2,3)4/h10-11,14H,5-9,12H2,1-4H3,(H,22,25). The Balaban J connectivity index is 1.55. The highest BCUT2D eigenvalue weighted by Gasteiger charge is 2.28. The summed E-state index contributed by atoms with van der Waals surface area (Å²) in [5.74, 6) is 0.855. The molecule has 3 rings (SSSR count). The molecule has 0 atom stereocenters. The first-order valence-corrected chi connectivity index (χ1v) is 9.85. The van der Waals surface area contributed by atoms with Crippen molar-refractivity contribution in [2.45, 2.75) is 52.6 Å². The number of amides is 2. The Kier molecular flexibility index (Phi) is 6.00. The third-order valence-corrected chi connectivity index (χ3v) is 4.91. The van der Waals surface area contributed by atoms with Crippen molar-refractivity contribution in [1.29, 1.82) is 0 Å². The molecule has 158 valence electrons. The number of ether oxygens (including phenoxy) is 3. The summed E-state index contributed by atoms with van der Waals surface area (Å²) in [6, 6.07) is 3.22. The fourth-order valence-corrected chi connectivity index (χ4v) is 3.45. The maximum Gasteiger partial charge on any atom is 0.410 e. The van der Waals surface area contributed by atoms with E-state index in [1.165, 1.54) is 6.92 Å². The van der Waals surface area contributed by atoms with E-state index in [9.17, 15) is 14.4 Å². The minimum Gasteiger partial charge on any atom is -0.454 e. The van der Waals surface area contributed by atoms with E-state index in [0.29, 0.717) is 42.3 Å². The van der Waals surface area contributed by atoms with Gasteiger partial charge in [-0.3, -0.25) is 9.59 Å². The number of likely N-dealkylation sites (tertiary alicyclic amines) is 1. The molecule has 2 heterocycles. The van der Waals surface area contributed by atoms with Gasteiger partial charge in [0.1, 0.15) is 5.60 Å². The van der Waals surface area contributed by atoms with Crippen molar-refractivity contribution in [2.75, 3.05) is 25.2 Å². The van der Waals surface area contributed by atoms with Gasteiger partial charge in [-0.15, -0.1) is 0 Å². The molecule has 0 saturated carbocycles. The summed E-state index contributed by atoms with van der Waals surface area (Å²) >= 11 is 0. The van der Waals surface area contributed by atoms with Crippen LogP contribution in [0.2, 0.25) is 0 Å². The molecule has 29 heavy (non-hydrogen) atoms. The highest BCUT2D eigenvalue weighted by atomic mass is 16.7. The lowest BCUT2D eigenvalue weighted by Crippen LogP contribution is -2.42. The molecule has 2 amide bonds. The second-order valence-corrected chi connectivity index (χ2v) is 8.47. The number of carbonyl (C=O) groups excluding carboxylic acids is 3. The molecule has 0 spiro atoms. The lowest BCUT2D eigenvalue weighted by Gasteiger charge is -2.33. The zero-order valence-corrected chi connectivity index (χ0v) is 17.4. The predicted octanol–water partition coefficient (Wildman–Crippen LogP) is 3.59. The molecule has 0 aliphatic carbocycles. The Bertz CT molecular complexity index is 806. The highest BCUT2D eigenvalue weighted by molar-refractivity contribution is 6.04. The van der Waals surface area contributed by atoms with Crippen LogP contribution >= 0.6 is 0 Å². The molecule has 8 heteroatoms. The lowest BCUT2D eigenvalue weighted by atomic mass is 9.93. The maximum absolute atomic E-state index is 12.6. The smallest absolute Gasteiger partial charge is 0.410 e. The first-order valence-electron chi connectivity index (χ1n) is 9.85. The van der Waals surface area contributed by atoms with Gasteiger partial charge in [-0.1, -0.05) is 0 Å². The molecule has 2 aliphatic rings. The van der Waals surface area contributed by atoms with Crippen LogP contribution in [-0.2, 0) is 9.53 Å². The average molecular weight is 404 g/mol. The predicted molar refractivity (Wildman–Crippen MR) is 106 cm³/mol. The van der Waals surface area contributed by atoms with E-state index in [0.717, 1.165) is 12.8 Å². The molecular formula is C21H28N2O6. The molecule has 1 aromatic rings. The minimum absolute atomic E-state index is 0.0975. The quantitative estimate of drug-likeness (QED) is 0.771. The highest BCUT2D eigenvalue weighted by Crippen LogP contribution is 2.37. The van der Waals surface area contributed by atoms with E-state index >= 15 is 0 Å². The molecule has 0 radical (unpaired) electrons. The van der Waals surface area contributed by atoms with Crippen molar-refractivity contribution in [3.05, 3.63) is 17.7 Å². The summed E-state index contributed by atoms with van der Waals surface area (Å²) < 4.78 is 16.0. The van der Waals surface area contributed by atoms with Gasteiger partial charge in [0.05, 0.1) is 5.69 Å². The Morgan fingerprint density at radius 1 is 1.14 bits per heavy atom. The summed E-state index contributed by atoms with van der Waals surface area (Å²) in [5.41, 5.74) is 0.299. The van der Waals surface area contributed by atoms with E-state index in [4.69, 9.17) is 14.2 Å². The number of nitrogens with one attached hydrogen (secondary N) is 1. The van der Waals surface area contributed by atoms with Crippen LogP contribution in [0.5, 0.6) is 11.5 Å². The molecule has 1 N–H and O–H groups in total. The summed E-state index contributed by atoms with van der Waals surface area (Å²) in [6.45, 7) is 8.19. The number of fused-ring (bicyclic) bond motifs is 1. The van der Waals surface area contributed by atoms with E-state index in [1.807, 2.05) is 20.8 Å². The molecule has 1 aromatic carbocycles. The minimum atomic E-state index is -0.521. The number of carbonyl (C=O) groups is 3. The van der Waals surface area contributed by atoms with Crippen molar-refractivity contribution in [3.63, 3.8) is 0 Å². The second-order valence-electron chi connectivity index (χ2n) is 8.47. The summed E-state index contributed by atoms with van der Waals surface area (Å²) in [6.07, 6.45) is 1.47.